The molecular formula is C11H15FN2. The van der Waals surface area contributed by atoms with E-state index in [1.807, 2.05) is 12.1 Å². The molecule has 1 saturated heterocycles. The topological polar surface area (TPSA) is 15.3 Å². The number of hydrogen-bond acceptors (Lipinski definition) is 2. The lowest BCUT2D eigenvalue weighted by molar-refractivity contribution is 0.500. The lowest BCUT2D eigenvalue weighted by Gasteiger charge is -2.35. The summed E-state index contributed by atoms with van der Waals surface area (Å²) in [5.41, 5.74) is 1.11. The van der Waals surface area contributed by atoms with Crippen molar-refractivity contribution in [1.82, 2.24) is 5.32 Å². The molecule has 1 N–H and O–H groups in total. The number of piperazine rings is 1. The number of halogens is 1. The number of rotatable bonds is 1. The predicted molar refractivity (Wildman–Crippen MR) is 56.1 cm³/mol. The largest absolute Gasteiger partial charge is 0.366 e. The van der Waals surface area contributed by atoms with Gasteiger partial charge >= 0.3 is 0 Å². The molecule has 1 aromatic rings. The van der Waals surface area contributed by atoms with Crippen LogP contribution in [0.2, 0.25) is 0 Å². The Bertz CT molecular complexity index is 297. The van der Waals surface area contributed by atoms with Crippen molar-refractivity contribution >= 4 is 5.69 Å². The molecule has 0 amide bonds. The van der Waals surface area contributed by atoms with E-state index in [1.54, 1.807) is 0 Å². The first kappa shape index (κ1) is 9.46. The van der Waals surface area contributed by atoms with Crippen LogP contribution in [0.1, 0.15) is 6.92 Å². The third-order valence-corrected chi connectivity index (χ3v) is 2.66. The van der Waals surface area contributed by atoms with Gasteiger partial charge in [0.05, 0.1) is 0 Å². The van der Waals surface area contributed by atoms with E-state index in [2.05, 4.69) is 17.1 Å². The fourth-order valence-electron chi connectivity index (χ4n) is 1.86. The molecule has 14 heavy (non-hydrogen) atoms. The molecule has 0 aliphatic carbocycles. The monoisotopic (exact) mass is 194 g/mol. The maximum atomic E-state index is 12.7. The fraction of sp³-hybridized carbons (Fsp3) is 0.455. The average Bonchev–Trinajstić information content (AvgIpc) is 2.20. The molecule has 1 aliphatic heterocycles. The Labute approximate surface area is 83.7 Å². The summed E-state index contributed by atoms with van der Waals surface area (Å²) in [5.74, 6) is -0.170. The summed E-state index contributed by atoms with van der Waals surface area (Å²) < 4.78 is 12.7. The van der Waals surface area contributed by atoms with Gasteiger partial charge in [-0.15, -0.1) is 0 Å². The highest BCUT2D eigenvalue weighted by molar-refractivity contribution is 5.47. The number of hydrogen-bond donors (Lipinski definition) is 1. The van der Waals surface area contributed by atoms with E-state index in [0.29, 0.717) is 6.04 Å². The van der Waals surface area contributed by atoms with E-state index in [4.69, 9.17) is 0 Å². The quantitative estimate of drug-likeness (QED) is 0.731. The molecule has 1 aliphatic rings. The lowest BCUT2D eigenvalue weighted by Crippen LogP contribution is -2.49. The van der Waals surface area contributed by atoms with E-state index >= 15 is 0 Å². The van der Waals surface area contributed by atoms with Gasteiger partial charge in [0.1, 0.15) is 5.82 Å². The molecule has 1 atom stereocenters. The van der Waals surface area contributed by atoms with Gasteiger partial charge in [0.15, 0.2) is 0 Å². The Morgan fingerprint density at radius 3 is 2.71 bits per heavy atom. The van der Waals surface area contributed by atoms with Gasteiger partial charge < -0.3 is 10.2 Å². The van der Waals surface area contributed by atoms with Crippen LogP contribution in [0, 0.1) is 5.82 Å². The van der Waals surface area contributed by atoms with Crippen LogP contribution >= 0.6 is 0 Å². The lowest BCUT2D eigenvalue weighted by atomic mass is 10.2. The van der Waals surface area contributed by atoms with Crippen molar-refractivity contribution in [3.8, 4) is 0 Å². The van der Waals surface area contributed by atoms with E-state index in [-0.39, 0.29) is 5.82 Å². The van der Waals surface area contributed by atoms with Gasteiger partial charge in [-0.05, 0) is 31.2 Å². The first-order valence-electron chi connectivity index (χ1n) is 5.00. The van der Waals surface area contributed by atoms with Crippen LogP contribution in [0.25, 0.3) is 0 Å². The zero-order valence-electron chi connectivity index (χ0n) is 8.33. The molecule has 0 spiro atoms. The SMILES string of the molecule is C[C@@H]1CNCCN1c1ccc(F)cc1. The van der Waals surface area contributed by atoms with Crippen molar-refractivity contribution in [1.29, 1.82) is 0 Å². The molecule has 1 heterocycles. The second-order valence-corrected chi connectivity index (χ2v) is 3.72. The van der Waals surface area contributed by atoms with Crippen molar-refractivity contribution in [2.24, 2.45) is 0 Å². The molecule has 1 aromatic carbocycles. The Balaban J connectivity index is 2.16. The molecule has 2 nitrogen and oxygen atoms in total. The molecule has 0 saturated carbocycles. The molecule has 1 fully saturated rings. The molecule has 2 rings (SSSR count). The van der Waals surface area contributed by atoms with E-state index in [9.17, 15) is 4.39 Å². The van der Waals surface area contributed by atoms with E-state index in [0.717, 1.165) is 25.3 Å². The van der Waals surface area contributed by atoms with Gasteiger partial charge in [-0.1, -0.05) is 0 Å². The maximum absolute atomic E-state index is 12.7. The smallest absolute Gasteiger partial charge is 0.123 e. The molecule has 0 bridgehead atoms. The highest BCUT2D eigenvalue weighted by atomic mass is 19.1. The van der Waals surface area contributed by atoms with E-state index < -0.39 is 0 Å². The van der Waals surface area contributed by atoms with Gasteiger partial charge in [0, 0.05) is 31.4 Å². The summed E-state index contributed by atoms with van der Waals surface area (Å²) in [6, 6.07) is 7.21. The second-order valence-electron chi connectivity index (χ2n) is 3.72. The number of benzene rings is 1. The van der Waals surface area contributed by atoms with Crippen LogP contribution in [0.4, 0.5) is 10.1 Å². The molecular weight excluding hydrogens is 179 g/mol. The summed E-state index contributed by atoms with van der Waals surface area (Å²) in [4.78, 5) is 2.30. The summed E-state index contributed by atoms with van der Waals surface area (Å²) in [6.45, 7) is 5.17. The van der Waals surface area contributed by atoms with Crippen LogP contribution in [-0.4, -0.2) is 25.7 Å². The number of anilines is 1. The van der Waals surface area contributed by atoms with Crippen molar-refractivity contribution < 1.29 is 4.39 Å². The molecule has 76 valence electrons. The minimum Gasteiger partial charge on any atom is -0.366 e. The van der Waals surface area contributed by atoms with Gasteiger partial charge in [-0.2, -0.15) is 0 Å². The second kappa shape index (κ2) is 3.96. The molecule has 0 radical (unpaired) electrons. The minimum absolute atomic E-state index is 0.170. The summed E-state index contributed by atoms with van der Waals surface area (Å²) in [7, 11) is 0. The zero-order chi connectivity index (χ0) is 9.97. The van der Waals surface area contributed by atoms with Gasteiger partial charge in [0.2, 0.25) is 0 Å². The van der Waals surface area contributed by atoms with Crippen molar-refractivity contribution in [2.75, 3.05) is 24.5 Å². The van der Waals surface area contributed by atoms with Crippen LogP contribution in [-0.2, 0) is 0 Å². The first-order valence-corrected chi connectivity index (χ1v) is 5.00. The fourth-order valence-corrected chi connectivity index (χ4v) is 1.86. The van der Waals surface area contributed by atoms with Crippen LogP contribution in [0.5, 0.6) is 0 Å². The van der Waals surface area contributed by atoms with Gasteiger partial charge in [0.25, 0.3) is 0 Å². The van der Waals surface area contributed by atoms with Crippen LogP contribution in [0.3, 0.4) is 0 Å². The van der Waals surface area contributed by atoms with Crippen LogP contribution < -0.4 is 10.2 Å². The maximum Gasteiger partial charge on any atom is 0.123 e. The Kier molecular flexibility index (Phi) is 2.68. The Morgan fingerprint density at radius 2 is 2.07 bits per heavy atom. The minimum atomic E-state index is -0.170. The van der Waals surface area contributed by atoms with Crippen LogP contribution in [0.15, 0.2) is 24.3 Å². The van der Waals surface area contributed by atoms with Crippen molar-refractivity contribution in [3.05, 3.63) is 30.1 Å². The molecule has 3 heteroatoms. The number of nitrogens with one attached hydrogen (secondary N) is 1. The summed E-state index contributed by atoms with van der Waals surface area (Å²) in [6.07, 6.45) is 0. The zero-order valence-corrected chi connectivity index (χ0v) is 8.33. The standard InChI is InChI=1S/C11H15FN2/c1-9-8-13-6-7-14(9)11-4-2-10(12)3-5-11/h2-5,9,13H,6-8H2,1H3/t9-/m1/s1. The van der Waals surface area contributed by atoms with Gasteiger partial charge in [-0.3, -0.25) is 0 Å². The third kappa shape index (κ3) is 1.87. The predicted octanol–water partition coefficient (Wildman–Crippen LogP) is 1.62. The third-order valence-electron chi connectivity index (χ3n) is 2.66. The highest BCUT2D eigenvalue weighted by Crippen LogP contribution is 2.18. The van der Waals surface area contributed by atoms with Gasteiger partial charge in [-0.25, -0.2) is 4.39 Å². The number of nitrogens with zero attached hydrogens (tertiary/aromatic N) is 1. The molecule has 0 unspecified atom stereocenters. The van der Waals surface area contributed by atoms with Crippen molar-refractivity contribution in [2.45, 2.75) is 13.0 Å². The Morgan fingerprint density at radius 1 is 1.36 bits per heavy atom. The highest BCUT2D eigenvalue weighted by Gasteiger charge is 2.17. The van der Waals surface area contributed by atoms with Crippen molar-refractivity contribution in [3.63, 3.8) is 0 Å². The summed E-state index contributed by atoms with van der Waals surface area (Å²) in [5, 5.41) is 3.33. The Hall–Kier alpha value is -1.09. The van der Waals surface area contributed by atoms with E-state index in [1.165, 1.54) is 12.1 Å². The average molecular weight is 194 g/mol. The molecule has 0 aromatic heterocycles. The normalized spacial score (nSPS) is 22.4. The first-order chi connectivity index (χ1) is 6.77. The summed E-state index contributed by atoms with van der Waals surface area (Å²) >= 11 is 0.